The van der Waals surface area contributed by atoms with E-state index in [1.54, 1.807) is 28.8 Å². The molecular formula is C19H21N3O3S. The summed E-state index contributed by atoms with van der Waals surface area (Å²) in [6.45, 7) is 1.61. The van der Waals surface area contributed by atoms with Gasteiger partial charge in [-0.15, -0.1) is 0 Å². The molecule has 1 aromatic heterocycles. The van der Waals surface area contributed by atoms with E-state index >= 15 is 0 Å². The number of pyridine rings is 1. The number of benzene rings is 1. The van der Waals surface area contributed by atoms with Crippen LogP contribution in [0, 0.1) is 11.8 Å². The van der Waals surface area contributed by atoms with Crippen LogP contribution in [0.3, 0.4) is 0 Å². The van der Waals surface area contributed by atoms with E-state index < -0.39 is 10.0 Å². The van der Waals surface area contributed by atoms with Crippen LogP contribution in [-0.4, -0.2) is 54.4 Å². The van der Waals surface area contributed by atoms with Crippen LogP contribution in [0.2, 0.25) is 0 Å². The van der Waals surface area contributed by atoms with E-state index in [0.717, 1.165) is 5.56 Å². The summed E-state index contributed by atoms with van der Waals surface area (Å²) in [4.78, 5) is 18.6. The number of aromatic nitrogens is 1. The van der Waals surface area contributed by atoms with E-state index in [1.807, 2.05) is 35.2 Å². The average Bonchev–Trinajstić information content (AvgIpc) is 3.20. The van der Waals surface area contributed by atoms with E-state index in [-0.39, 0.29) is 23.8 Å². The number of nitrogens with zero attached hydrogens (tertiary/aromatic N) is 3. The number of rotatable bonds is 3. The fourth-order valence-corrected chi connectivity index (χ4v) is 5.41. The molecule has 0 bridgehead atoms. The van der Waals surface area contributed by atoms with Crippen LogP contribution in [0.15, 0.2) is 54.9 Å². The van der Waals surface area contributed by atoms with E-state index in [4.69, 9.17) is 0 Å². The number of amides is 1. The maximum Gasteiger partial charge on any atom is 0.253 e. The molecule has 4 rings (SSSR count). The lowest BCUT2D eigenvalue weighted by Gasteiger charge is -2.28. The molecule has 2 aliphatic rings. The van der Waals surface area contributed by atoms with Gasteiger partial charge in [-0.05, 0) is 23.6 Å². The summed E-state index contributed by atoms with van der Waals surface area (Å²) in [5.41, 5.74) is 1.61. The van der Waals surface area contributed by atoms with E-state index in [0.29, 0.717) is 25.2 Å². The van der Waals surface area contributed by atoms with Gasteiger partial charge in [0, 0.05) is 43.5 Å². The highest BCUT2D eigenvalue weighted by Gasteiger charge is 2.51. The van der Waals surface area contributed by atoms with Crippen LogP contribution in [0.5, 0.6) is 0 Å². The molecule has 2 fully saturated rings. The van der Waals surface area contributed by atoms with Gasteiger partial charge in [0.25, 0.3) is 5.91 Å². The molecule has 2 aromatic rings. The van der Waals surface area contributed by atoms with Crippen molar-refractivity contribution in [1.29, 1.82) is 0 Å². The Balaban J connectivity index is 1.62. The molecule has 3 heterocycles. The lowest BCUT2D eigenvalue weighted by molar-refractivity contribution is 0.0773. The molecule has 2 saturated heterocycles. The minimum absolute atomic E-state index is 0.0143. The SMILES string of the molecule is CS(=O)(=O)N1C[C@H]2CN(C(=O)c3ccncc3)C[C@H]2[C@@H]1c1ccccc1. The van der Waals surface area contributed by atoms with Gasteiger partial charge in [-0.2, -0.15) is 4.31 Å². The standard InChI is InChI=1S/C19H21N3O3S/c1-26(24,25)22-12-16-11-21(19(23)15-7-9-20-10-8-15)13-17(16)18(22)14-5-3-2-4-6-14/h2-10,16-18H,11-13H2,1H3/t16-,17-,18+/m1/s1. The fraction of sp³-hybridized carbons (Fsp3) is 0.368. The monoisotopic (exact) mass is 371 g/mol. The number of likely N-dealkylation sites (tertiary alicyclic amines) is 1. The molecule has 26 heavy (non-hydrogen) atoms. The van der Waals surface area contributed by atoms with Crippen molar-refractivity contribution in [3.05, 3.63) is 66.0 Å². The largest absolute Gasteiger partial charge is 0.338 e. The Kier molecular flexibility index (Phi) is 4.28. The Hall–Kier alpha value is -2.25. The number of carbonyl (C=O) groups is 1. The minimum atomic E-state index is -3.31. The first-order valence-corrected chi connectivity index (χ1v) is 10.5. The highest BCUT2D eigenvalue weighted by Crippen LogP contribution is 2.46. The molecule has 6 nitrogen and oxygen atoms in total. The Morgan fingerprint density at radius 3 is 2.38 bits per heavy atom. The van der Waals surface area contributed by atoms with Crippen molar-refractivity contribution in [2.75, 3.05) is 25.9 Å². The molecule has 1 aromatic carbocycles. The second-order valence-corrected chi connectivity index (χ2v) is 8.99. The van der Waals surface area contributed by atoms with Crippen LogP contribution in [-0.2, 0) is 10.0 Å². The zero-order chi connectivity index (χ0) is 18.3. The maximum absolute atomic E-state index is 12.8. The van der Waals surface area contributed by atoms with Crippen LogP contribution in [0.25, 0.3) is 0 Å². The Morgan fingerprint density at radius 2 is 1.73 bits per heavy atom. The van der Waals surface area contributed by atoms with Gasteiger partial charge in [-0.1, -0.05) is 30.3 Å². The number of fused-ring (bicyclic) bond motifs is 1. The molecule has 2 aliphatic heterocycles. The molecule has 0 unspecified atom stereocenters. The van der Waals surface area contributed by atoms with E-state index in [1.165, 1.54) is 6.26 Å². The fourth-order valence-electron chi connectivity index (χ4n) is 4.25. The first kappa shape index (κ1) is 17.2. The molecule has 136 valence electrons. The van der Waals surface area contributed by atoms with Gasteiger partial charge in [-0.25, -0.2) is 8.42 Å². The minimum Gasteiger partial charge on any atom is -0.338 e. The molecule has 0 saturated carbocycles. The van der Waals surface area contributed by atoms with Gasteiger partial charge in [0.2, 0.25) is 10.0 Å². The van der Waals surface area contributed by atoms with Gasteiger partial charge in [-0.3, -0.25) is 9.78 Å². The summed E-state index contributed by atoms with van der Waals surface area (Å²) in [7, 11) is -3.31. The second kappa shape index (κ2) is 6.48. The second-order valence-electron chi connectivity index (χ2n) is 7.06. The predicted molar refractivity (Wildman–Crippen MR) is 97.9 cm³/mol. The number of carbonyl (C=O) groups excluding carboxylic acids is 1. The topological polar surface area (TPSA) is 70.6 Å². The van der Waals surface area contributed by atoms with Gasteiger partial charge < -0.3 is 4.90 Å². The Morgan fingerprint density at radius 1 is 1.04 bits per heavy atom. The number of hydrogen-bond donors (Lipinski definition) is 0. The van der Waals surface area contributed by atoms with E-state index in [2.05, 4.69) is 4.98 Å². The van der Waals surface area contributed by atoms with Crippen molar-refractivity contribution >= 4 is 15.9 Å². The summed E-state index contributed by atoms with van der Waals surface area (Å²) in [5.74, 6) is 0.248. The summed E-state index contributed by atoms with van der Waals surface area (Å²) < 4.78 is 26.3. The first-order valence-electron chi connectivity index (χ1n) is 8.66. The van der Waals surface area contributed by atoms with Crippen molar-refractivity contribution in [1.82, 2.24) is 14.2 Å². The van der Waals surface area contributed by atoms with Gasteiger partial charge in [0.15, 0.2) is 0 Å². The zero-order valence-electron chi connectivity index (χ0n) is 14.5. The quantitative estimate of drug-likeness (QED) is 0.825. The van der Waals surface area contributed by atoms with Crippen LogP contribution in [0.4, 0.5) is 0 Å². The summed E-state index contributed by atoms with van der Waals surface area (Å²) in [5, 5.41) is 0. The smallest absolute Gasteiger partial charge is 0.253 e. The van der Waals surface area contributed by atoms with Crippen LogP contribution >= 0.6 is 0 Å². The van der Waals surface area contributed by atoms with Gasteiger partial charge in [0.1, 0.15) is 0 Å². The lowest BCUT2D eigenvalue weighted by Crippen LogP contribution is -2.37. The molecule has 0 aliphatic carbocycles. The zero-order valence-corrected chi connectivity index (χ0v) is 15.3. The average molecular weight is 371 g/mol. The van der Waals surface area contributed by atoms with E-state index in [9.17, 15) is 13.2 Å². The summed E-state index contributed by atoms with van der Waals surface area (Å²) >= 11 is 0. The molecule has 0 spiro atoms. The number of hydrogen-bond acceptors (Lipinski definition) is 4. The van der Waals surface area contributed by atoms with Crippen molar-refractivity contribution in [2.45, 2.75) is 6.04 Å². The molecule has 3 atom stereocenters. The molecule has 7 heteroatoms. The molecular weight excluding hydrogens is 350 g/mol. The predicted octanol–water partition coefficient (Wildman–Crippen LogP) is 1.79. The van der Waals surface area contributed by atoms with Crippen LogP contribution < -0.4 is 0 Å². The summed E-state index contributed by atoms with van der Waals surface area (Å²) in [6, 6.07) is 12.9. The van der Waals surface area contributed by atoms with Crippen LogP contribution in [0.1, 0.15) is 22.0 Å². The van der Waals surface area contributed by atoms with Crippen molar-refractivity contribution in [3.63, 3.8) is 0 Å². The third kappa shape index (κ3) is 3.01. The first-order chi connectivity index (χ1) is 12.4. The number of sulfonamides is 1. The van der Waals surface area contributed by atoms with Crippen molar-refractivity contribution in [2.24, 2.45) is 11.8 Å². The normalized spacial score (nSPS) is 26.0. The summed E-state index contributed by atoms with van der Waals surface area (Å²) in [6.07, 6.45) is 4.49. The molecule has 0 N–H and O–H groups in total. The third-order valence-corrected chi connectivity index (χ3v) is 6.63. The molecule has 0 radical (unpaired) electrons. The highest BCUT2D eigenvalue weighted by molar-refractivity contribution is 7.88. The lowest BCUT2D eigenvalue weighted by atomic mass is 9.90. The van der Waals surface area contributed by atoms with Crippen molar-refractivity contribution < 1.29 is 13.2 Å². The Labute approximate surface area is 153 Å². The molecule has 1 amide bonds. The maximum atomic E-state index is 12.8. The highest BCUT2D eigenvalue weighted by atomic mass is 32.2. The van der Waals surface area contributed by atoms with Crippen molar-refractivity contribution in [3.8, 4) is 0 Å². The third-order valence-electron chi connectivity index (χ3n) is 5.40. The van der Waals surface area contributed by atoms with Gasteiger partial charge in [0.05, 0.1) is 12.3 Å². The van der Waals surface area contributed by atoms with Gasteiger partial charge >= 0.3 is 0 Å². The Bertz CT molecular complexity index is 902.